The molecule has 2 aromatic rings. The Morgan fingerprint density at radius 1 is 1.39 bits per heavy atom. The van der Waals surface area contributed by atoms with Gasteiger partial charge < -0.3 is 30.4 Å². The van der Waals surface area contributed by atoms with Crippen LogP contribution < -0.4 is 20.5 Å². The van der Waals surface area contributed by atoms with Crippen LogP contribution in [0.25, 0.3) is 0 Å². The molecule has 168 valence electrons. The van der Waals surface area contributed by atoms with Gasteiger partial charge in [-0.15, -0.1) is 12.4 Å². The lowest BCUT2D eigenvalue weighted by Gasteiger charge is -2.21. The summed E-state index contributed by atoms with van der Waals surface area (Å²) in [6.07, 6.45) is 0.316. The second kappa shape index (κ2) is 10.8. The minimum atomic E-state index is -1.39. The molecule has 1 saturated heterocycles. The van der Waals surface area contributed by atoms with Gasteiger partial charge in [-0.3, -0.25) is 5.41 Å². The van der Waals surface area contributed by atoms with Crippen LogP contribution >= 0.6 is 12.4 Å². The number of hydrogen-bond donors (Lipinski definition) is 4. The van der Waals surface area contributed by atoms with Crippen molar-refractivity contribution in [2.24, 2.45) is 5.73 Å². The number of nitrogens with one attached hydrogen (secondary N) is 2. The van der Waals surface area contributed by atoms with Crippen molar-refractivity contribution in [1.29, 1.82) is 5.41 Å². The maximum atomic E-state index is 15.3. The molecule has 0 bridgehead atoms. The van der Waals surface area contributed by atoms with Crippen molar-refractivity contribution in [3.63, 3.8) is 0 Å². The molecule has 5 N–H and O–H groups in total. The molecule has 0 amide bonds. The van der Waals surface area contributed by atoms with Crippen molar-refractivity contribution in [3.05, 3.63) is 53.3 Å². The van der Waals surface area contributed by atoms with Gasteiger partial charge in [-0.05, 0) is 37.3 Å². The normalized spacial score (nSPS) is 16.1. The summed E-state index contributed by atoms with van der Waals surface area (Å²) >= 11 is 0. The average molecular weight is 454 g/mol. The van der Waals surface area contributed by atoms with E-state index >= 15 is 4.39 Å². The first-order chi connectivity index (χ1) is 14.4. The van der Waals surface area contributed by atoms with E-state index in [9.17, 15) is 9.90 Å². The van der Waals surface area contributed by atoms with Gasteiger partial charge in [-0.25, -0.2) is 9.18 Å². The lowest BCUT2D eigenvalue weighted by Crippen LogP contribution is -2.23. The van der Waals surface area contributed by atoms with E-state index in [0.717, 1.165) is 0 Å². The summed E-state index contributed by atoms with van der Waals surface area (Å²) in [6, 6.07) is 7.68. The largest absolute Gasteiger partial charge is 0.494 e. The Kier molecular flexibility index (Phi) is 8.47. The van der Waals surface area contributed by atoms with Gasteiger partial charge >= 0.3 is 5.97 Å². The Morgan fingerprint density at radius 2 is 2.10 bits per heavy atom. The molecule has 1 fully saturated rings. The molecule has 1 aliphatic rings. The van der Waals surface area contributed by atoms with Crippen LogP contribution in [-0.2, 0) is 9.53 Å². The first-order valence-corrected chi connectivity index (χ1v) is 9.53. The Balaban J connectivity index is 0.00000341. The van der Waals surface area contributed by atoms with Crippen LogP contribution in [0.5, 0.6) is 11.5 Å². The summed E-state index contributed by atoms with van der Waals surface area (Å²) in [5.74, 6) is -1.92. The van der Waals surface area contributed by atoms with Gasteiger partial charge in [0.25, 0.3) is 0 Å². The first kappa shape index (κ1) is 24.2. The van der Waals surface area contributed by atoms with Gasteiger partial charge in [-0.1, -0.05) is 0 Å². The summed E-state index contributed by atoms with van der Waals surface area (Å²) < 4.78 is 31.7. The minimum Gasteiger partial charge on any atom is -0.494 e. The number of rotatable bonds is 9. The van der Waals surface area contributed by atoms with Gasteiger partial charge in [-0.2, -0.15) is 0 Å². The Hall–Kier alpha value is -3.04. The van der Waals surface area contributed by atoms with Crippen LogP contribution in [0.3, 0.4) is 0 Å². The standard InChI is InChI=1S/C21H24FN3O5.ClH/c1-2-29-15-9-16(18(22)17(10-15)30-14-7-8-28-11-14)19(21(26)27)25-13-5-3-12(4-6-13)20(23)24;/h3-6,9-10,14,19,25H,2,7-8,11H2,1H3,(H3,23,24)(H,26,27);1H/t14-,19?;/m1./s1. The fraction of sp³-hybridized carbons (Fsp3) is 0.333. The summed E-state index contributed by atoms with van der Waals surface area (Å²) in [6.45, 7) is 2.98. The molecule has 10 heteroatoms. The Morgan fingerprint density at radius 3 is 2.65 bits per heavy atom. The lowest BCUT2D eigenvalue weighted by molar-refractivity contribution is -0.138. The third kappa shape index (κ3) is 5.99. The number of carboxylic acid groups (broad SMARTS) is 1. The zero-order valence-corrected chi connectivity index (χ0v) is 17.7. The van der Waals surface area contributed by atoms with Crippen molar-refractivity contribution in [2.75, 3.05) is 25.1 Å². The summed E-state index contributed by atoms with van der Waals surface area (Å²) in [5.41, 5.74) is 6.25. The van der Waals surface area contributed by atoms with E-state index in [1.54, 1.807) is 31.2 Å². The molecule has 0 aromatic heterocycles. The smallest absolute Gasteiger partial charge is 0.330 e. The number of nitrogen functional groups attached to an aromatic ring is 1. The van der Waals surface area contributed by atoms with Crippen molar-refractivity contribution < 1.29 is 28.5 Å². The van der Waals surface area contributed by atoms with Gasteiger partial charge in [0.1, 0.15) is 17.7 Å². The molecule has 1 unspecified atom stereocenters. The third-order valence-electron chi connectivity index (χ3n) is 4.60. The SMILES string of the molecule is CCOc1cc(O[C@@H]2CCOC2)c(F)c(C(Nc2ccc(C(=N)N)cc2)C(=O)O)c1.Cl. The van der Waals surface area contributed by atoms with Crippen molar-refractivity contribution in [3.8, 4) is 11.5 Å². The topological polar surface area (TPSA) is 127 Å². The number of carbonyl (C=O) groups is 1. The quantitative estimate of drug-likeness (QED) is 0.338. The molecule has 0 saturated carbocycles. The Bertz CT molecular complexity index is 920. The molecule has 0 spiro atoms. The average Bonchev–Trinajstić information content (AvgIpc) is 3.22. The molecule has 8 nitrogen and oxygen atoms in total. The summed E-state index contributed by atoms with van der Waals surface area (Å²) in [4.78, 5) is 12.0. The van der Waals surface area contributed by atoms with Crippen molar-refractivity contribution >= 4 is 29.9 Å². The minimum absolute atomic E-state index is 0. The predicted octanol–water partition coefficient (Wildman–Crippen LogP) is 3.34. The van der Waals surface area contributed by atoms with E-state index in [0.29, 0.717) is 43.2 Å². The number of carboxylic acids is 1. The van der Waals surface area contributed by atoms with E-state index in [2.05, 4.69) is 5.32 Å². The number of benzene rings is 2. The highest BCUT2D eigenvalue weighted by Gasteiger charge is 2.28. The monoisotopic (exact) mass is 453 g/mol. The van der Waals surface area contributed by atoms with Crippen LogP contribution in [0.1, 0.15) is 30.5 Å². The second-order valence-corrected chi connectivity index (χ2v) is 6.77. The van der Waals surface area contributed by atoms with E-state index in [4.69, 9.17) is 25.4 Å². The molecule has 31 heavy (non-hydrogen) atoms. The highest BCUT2D eigenvalue weighted by atomic mass is 35.5. The van der Waals surface area contributed by atoms with Crippen molar-refractivity contribution in [1.82, 2.24) is 0 Å². The maximum Gasteiger partial charge on any atom is 0.330 e. The van der Waals surface area contributed by atoms with E-state index < -0.39 is 17.8 Å². The summed E-state index contributed by atoms with van der Waals surface area (Å²) in [5, 5.41) is 20.0. The number of nitrogens with two attached hydrogens (primary N) is 1. The second-order valence-electron chi connectivity index (χ2n) is 6.77. The van der Waals surface area contributed by atoms with Gasteiger partial charge in [0.05, 0.1) is 19.8 Å². The number of ether oxygens (including phenoxy) is 3. The maximum absolute atomic E-state index is 15.3. The first-order valence-electron chi connectivity index (χ1n) is 9.53. The number of hydrogen-bond acceptors (Lipinski definition) is 6. The Labute approximate surface area is 185 Å². The molecule has 0 aliphatic carbocycles. The van der Waals surface area contributed by atoms with E-state index in [-0.39, 0.29) is 35.7 Å². The fourth-order valence-corrected chi connectivity index (χ4v) is 3.11. The van der Waals surface area contributed by atoms with Crippen LogP contribution in [0.2, 0.25) is 0 Å². The summed E-state index contributed by atoms with van der Waals surface area (Å²) in [7, 11) is 0. The van der Waals surface area contributed by atoms with Crippen LogP contribution in [0, 0.1) is 11.2 Å². The van der Waals surface area contributed by atoms with Gasteiger partial charge in [0, 0.05) is 29.3 Å². The van der Waals surface area contributed by atoms with Gasteiger partial charge in [0.15, 0.2) is 17.6 Å². The molecular formula is C21H25ClFN3O5. The predicted molar refractivity (Wildman–Crippen MR) is 116 cm³/mol. The van der Waals surface area contributed by atoms with Crippen LogP contribution in [0.4, 0.5) is 10.1 Å². The number of anilines is 1. The molecule has 3 rings (SSSR count). The van der Waals surface area contributed by atoms with E-state index in [1.807, 2.05) is 0 Å². The number of aliphatic carboxylic acids is 1. The molecule has 0 radical (unpaired) electrons. The van der Waals surface area contributed by atoms with Crippen LogP contribution in [-0.4, -0.2) is 42.8 Å². The molecule has 1 aliphatic heterocycles. The lowest BCUT2D eigenvalue weighted by atomic mass is 10.0. The highest BCUT2D eigenvalue weighted by Crippen LogP contribution is 2.34. The number of amidine groups is 1. The van der Waals surface area contributed by atoms with E-state index in [1.165, 1.54) is 12.1 Å². The zero-order valence-electron chi connectivity index (χ0n) is 16.9. The molecule has 2 aromatic carbocycles. The molecule has 1 heterocycles. The van der Waals surface area contributed by atoms with Gasteiger partial charge in [0.2, 0.25) is 0 Å². The fourth-order valence-electron chi connectivity index (χ4n) is 3.11. The van der Waals surface area contributed by atoms with Crippen LogP contribution in [0.15, 0.2) is 36.4 Å². The van der Waals surface area contributed by atoms with Crippen molar-refractivity contribution in [2.45, 2.75) is 25.5 Å². The third-order valence-corrected chi connectivity index (χ3v) is 4.60. The number of halogens is 2. The highest BCUT2D eigenvalue weighted by molar-refractivity contribution is 5.95. The molecular weight excluding hydrogens is 429 g/mol. The molecule has 2 atom stereocenters. The zero-order chi connectivity index (χ0) is 21.7.